The van der Waals surface area contributed by atoms with Gasteiger partial charge in [0.1, 0.15) is 18.5 Å². The number of hydrogen-bond donors (Lipinski definition) is 1. The second-order valence-electron chi connectivity index (χ2n) is 5.17. The van der Waals surface area contributed by atoms with Gasteiger partial charge in [-0.05, 0) is 24.3 Å². The van der Waals surface area contributed by atoms with Crippen LogP contribution in [0.1, 0.15) is 0 Å². The van der Waals surface area contributed by atoms with Gasteiger partial charge >= 0.3 is 0 Å². The van der Waals surface area contributed by atoms with Crippen LogP contribution in [0.5, 0.6) is 17.2 Å². The first-order valence-electron chi connectivity index (χ1n) is 7.35. The molecule has 0 spiro atoms. The van der Waals surface area contributed by atoms with E-state index in [0.29, 0.717) is 40.4 Å². The summed E-state index contributed by atoms with van der Waals surface area (Å²) >= 11 is 11.8. The quantitative estimate of drug-likeness (QED) is 0.880. The van der Waals surface area contributed by atoms with Crippen LogP contribution in [-0.2, 0) is 4.79 Å². The van der Waals surface area contributed by atoms with E-state index in [-0.39, 0.29) is 18.6 Å². The van der Waals surface area contributed by atoms with Gasteiger partial charge in [0.05, 0.1) is 11.6 Å². The normalized spacial score (nSPS) is 15.7. The van der Waals surface area contributed by atoms with E-state index < -0.39 is 0 Å². The van der Waals surface area contributed by atoms with E-state index in [9.17, 15) is 4.79 Å². The van der Waals surface area contributed by atoms with Crippen LogP contribution in [0.2, 0.25) is 10.0 Å². The molecule has 0 aliphatic carbocycles. The predicted molar refractivity (Wildman–Crippen MR) is 91.3 cm³/mol. The number of halogens is 2. The molecule has 1 amide bonds. The van der Waals surface area contributed by atoms with Crippen LogP contribution in [0.4, 0.5) is 0 Å². The Morgan fingerprint density at radius 2 is 2.00 bits per heavy atom. The van der Waals surface area contributed by atoms with E-state index in [0.717, 1.165) is 0 Å². The number of carbonyl (C=O) groups is 1. The zero-order valence-corrected chi connectivity index (χ0v) is 14.1. The first-order valence-corrected chi connectivity index (χ1v) is 8.10. The third kappa shape index (κ3) is 4.24. The summed E-state index contributed by atoms with van der Waals surface area (Å²) in [5.74, 6) is 1.46. The molecule has 0 fully saturated rings. The molecule has 5 nitrogen and oxygen atoms in total. The Morgan fingerprint density at radius 3 is 2.83 bits per heavy atom. The molecular weight excluding hydrogens is 353 g/mol. The van der Waals surface area contributed by atoms with Crippen molar-refractivity contribution in [2.45, 2.75) is 6.10 Å². The monoisotopic (exact) mass is 367 g/mol. The van der Waals surface area contributed by atoms with Gasteiger partial charge in [0.25, 0.3) is 5.91 Å². The number of fused-ring (bicyclic) bond motifs is 1. The standard InChI is InChI=1S/C17H15Cl2NO4/c18-11-5-6-13(19)16(7-11)23-10-17(21)20-8-12-9-22-14-3-1-2-4-15(14)24-12/h1-7,12H,8-10H2,(H,20,21)/t12-/m1/s1. The van der Waals surface area contributed by atoms with Crippen molar-refractivity contribution < 1.29 is 19.0 Å². The maximum atomic E-state index is 11.9. The summed E-state index contributed by atoms with van der Waals surface area (Å²) in [5.41, 5.74) is 0. The lowest BCUT2D eigenvalue weighted by molar-refractivity contribution is -0.123. The van der Waals surface area contributed by atoms with E-state index in [1.165, 1.54) is 0 Å². The van der Waals surface area contributed by atoms with Crippen molar-refractivity contribution in [1.29, 1.82) is 0 Å². The molecule has 24 heavy (non-hydrogen) atoms. The molecule has 0 bridgehead atoms. The highest BCUT2D eigenvalue weighted by atomic mass is 35.5. The lowest BCUT2D eigenvalue weighted by Gasteiger charge is -2.26. The van der Waals surface area contributed by atoms with Gasteiger partial charge in [-0.1, -0.05) is 35.3 Å². The molecule has 126 valence electrons. The SMILES string of the molecule is O=C(COc1cc(Cl)ccc1Cl)NC[C@@H]1COc2ccccc2O1. The maximum absolute atomic E-state index is 11.9. The summed E-state index contributed by atoms with van der Waals surface area (Å²) in [5, 5.41) is 3.63. The van der Waals surface area contributed by atoms with E-state index in [4.69, 9.17) is 37.4 Å². The third-order valence-electron chi connectivity index (χ3n) is 3.35. The molecule has 0 aromatic heterocycles. The van der Waals surface area contributed by atoms with Crippen LogP contribution in [0.15, 0.2) is 42.5 Å². The Labute approximate surface area is 149 Å². The van der Waals surface area contributed by atoms with Gasteiger partial charge < -0.3 is 19.5 Å². The fourth-order valence-electron chi connectivity index (χ4n) is 2.17. The molecule has 0 saturated carbocycles. The molecule has 1 N–H and O–H groups in total. The van der Waals surface area contributed by atoms with Crippen LogP contribution in [-0.4, -0.2) is 31.8 Å². The summed E-state index contributed by atoms with van der Waals surface area (Å²) in [7, 11) is 0. The largest absolute Gasteiger partial charge is 0.486 e. The highest BCUT2D eigenvalue weighted by molar-refractivity contribution is 6.34. The van der Waals surface area contributed by atoms with E-state index >= 15 is 0 Å². The van der Waals surface area contributed by atoms with Crippen molar-refractivity contribution in [2.75, 3.05) is 19.8 Å². The molecule has 1 aliphatic rings. The molecule has 1 heterocycles. The van der Waals surface area contributed by atoms with Crippen molar-refractivity contribution in [3.63, 3.8) is 0 Å². The molecule has 3 rings (SSSR count). The van der Waals surface area contributed by atoms with Gasteiger partial charge in [-0.15, -0.1) is 0 Å². The van der Waals surface area contributed by atoms with Crippen LogP contribution < -0.4 is 19.5 Å². The average Bonchev–Trinajstić information content (AvgIpc) is 2.60. The number of carbonyl (C=O) groups excluding carboxylic acids is 1. The van der Waals surface area contributed by atoms with E-state index in [1.54, 1.807) is 18.2 Å². The minimum atomic E-state index is -0.284. The lowest BCUT2D eigenvalue weighted by Crippen LogP contribution is -2.42. The van der Waals surface area contributed by atoms with Crippen LogP contribution in [0.25, 0.3) is 0 Å². The van der Waals surface area contributed by atoms with Gasteiger partial charge in [-0.25, -0.2) is 0 Å². The number of amides is 1. The molecule has 7 heteroatoms. The van der Waals surface area contributed by atoms with Crippen LogP contribution in [0.3, 0.4) is 0 Å². The maximum Gasteiger partial charge on any atom is 0.258 e. The first kappa shape index (κ1) is 16.7. The molecule has 2 aromatic rings. The van der Waals surface area contributed by atoms with Crippen molar-refractivity contribution >= 4 is 29.1 Å². The van der Waals surface area contributed by atoms with E-state index in [2.05, 4.69) is 5.32 Å². The van der Waals surface area contributed by atoms with Gasteiger partial charge in [0, 0.05) is 11.1 Å². The summed E-state index contributed by atoms with van der Waals surface area (Å²) in [6.45, 7) is 0.530. The Kier molecular flexibility index (Phi) is 5.33. The number of hydrogen-bond acceptors (Lipinski definition) is 4. The molecule has 1 aliphatic heterocycles. The van der Waals surface area contributed by atoms with Crippen molar-refractivity contribution in [2.24, 2.45) is 0 Å². The second-order valence-corrected chi connectivity index (χ2v) is 6.01. The summed E-state index contributed by atoms with van der Waals surface area (Å²) in [6, 6.07) is 12.2. The zero-order valence-electron chi connectivity index (χ0n) is 12.6. The minimum absolute atomic E-state index is 0.162. The number of ether oxygens (including phenoxy) is 3. The van der Waals surface area contributed by atoms with Gasteiger partial charge in [-0.3, -0.25) is 4.79 Å². The number of nitrogens with one attached hydrogen (secondary N) is 1. The fourth-order valence-corrected chi connectivity index (χ4v) is 2.51. The van der Waals surface area contributed by atoms with Crippen molar-refractivity contribution in [1.82, 2.24) is 5.32 Å². The lowest BCUT2D eigenvalue weighted by atomic mass is 10.2. The van der Waals surface area contributed by atoms with Gasteiger partial charge in [0.2, 0.25) is 0 Å². The summed E-state index contributed by atoms with van der Waals surface area (Å²) in [6.07, 6.45) is -0.251. The molecule has 2 aromatic carbocycles. The summed E-state index contributed by atoms with van der Waals surface area (Å²) in [4.78, 5) is 11.9. The summed E-state index contributed by atoms with van der Waals surface area (Å²) < 4.78 is 16.7. The Morgan fingerprint density at radius 1 is 1.21 bits per heavy atom. The van der Waals surface area contributed by atoms with Gasteiger partial charge in [-0.2, -0.15) is 0 Å². The topological polar surface area (TPSA) is 56.8 Å². The number of benzene rings is 2. The van der Waals surface area contributed by atoms with Crippen molar-refractivity contribution in [3.05, 3.63) is 52.5 Å². The average molecular weight is 368 g/mol. The molecule has 0 radical (unpaired) electrons. The molecule has 0 unspecified atom stereocenters. The predicted octanol–water partition coefficient (Wildman–Crippen LogP) is 3.33. The Hall–Kier alpha value is -2.11. The van der Waals surface area contributed by atoms with Crippen molar-refractivity contribution in [3.8, 4) is 17.2 Å². The molecule has 0 saturated heterocycles. The zero-order chi connectivity index (χ0) is 16.9. The smallest absolute Gasteiger partial charge is 0.258 e. The molecule has 1 atom stereocenters. The molecular formula is C17H15Cl2NO4. The number of para-hydroxylation sites is 2. The minimum Gasteiger partial charge on any atom is -0.486 e. The van der Waals surface area contributed by atoms with E-state index in [1.807, 2.05) is 24.3 Å². The third-order valence-corrected chi connectivity index (χ3v) is 3.89. The first-order chi connectivity index (χ1) is 11.6. The van der Waals surface area contributed by atoms with Crippen LogP contribution in [0, 0.1) is 0 Å². The second kappa shape index (κ2) is 7.64. The highest BCUT2D eigenvalue weighted by Crippen LogP contribution is 2.30. The van der Waals surface area contributed by atoms with Gasteiger partial charge in [0.15, 0.2) is 18.1 Å². The van der Waals surface area contributed by atoms with Crippen LogP contribution >= 0.6 is 23.2 Å². The Balaban J connectivity index is 1.46. The highest BCUT2D eigenvalue weighted by Gasteiger charge is 2.21. The number of rotatable bonds is 5. The Bertz CT molecular complexity index is 738. The fraction of sp³-hybridized carbons (Fsp3) is 0.235.